The van der Waals surface area contributed by atoms with Crippen molar-refractivity contribution in [3.05, 3.63) is 0 Å². The van der Waals surface area contributed by atoms with Crippen LogP contribution >= 0.6 is 11.8 Å². The molecule has 0 unspecified atom stereocenters. The van der Waals surface area contributed by atoms with Gasteiger partial charge in [-0.25, -0.2) is 4.79 Å². The molecule has 0 aromatic rings. The molecule has 1 heterocycles. The fraction of sp³-hybridized carbons (Fsp3) is 0.714. The van der Waals surface area contributed by atoms with Crippen LogP contribution in [0, 0.1) is 0 Å². The summed E-state index contributed by atoms with van der Waals surface area (Å²) in [5.74, 6) is -2.76. The number of carbonyl (C=O) groups is 2. The lowest BCUT2D eigenvalue weighted by molar-refractivity contribution is -0.192. The molecule has 0 aliphatic carbocycles. The lowest BCUT2D eigenvalue weighted by atomic mass is 10.3. The van der Waals surface area contributed by atoms with E-state index in [1.54, 1.807) is 6.92 Å². The standard InChI is InChI=1S/C5H9NOS.C2HF3O2/c1-4(7)8-5-2-6-3-5;3-2(4,5)1(6)7/h5-6H,2-3H2,1H3;(H,6,7). The van der Waals surface area contributed by atoms with Crippen LogP contribution in [0.5, 0.6) is 0 Å². The Morgan fingerprint density at radius 3 is 1.87 bits per heavy atom. The van der Waals surface area contributed by atoms with Crippen molar-refractivity contribution in [3.8, 4) is 0 Å². The Hall–Kier alpha value is -0.760. The number of aliphatic carboxylic acids is 1. The third-order valence-corrected chi connectivity index (χ3v) is 2.32. The molecular formula is C7H10F3NO3S. The number of alkyl halides is 3. The van der Waals surface area contributed by atoms with Crippen LogP contribution in [0.2, 0.25) is 0 Å². The van der Waals surface area contributed by atoms with E-state index in [0.717, 1.165) is 13.1 Å². The van der Waals surface area contributed by atoms with Gasteiger partial charge in [0.25, 0.3) is 0 Å². The van der Waals surface area contributed by atoms with Crippen molar-refractivity contribution in [3.63, 3.8) is 0 Å². The Morgan fingerprint density at radius 2 is 1.80 bits per heavy atom. The maximum atomic E-state index is 10.6. The van der Waals surface area contributed by atoms with Crippen LogP contribution in [0.3, 0.4) is 0 Å². The number of carboxylic acid groups (broad SMARTS) is 1. The van der Waals surface area contributed by atoms with Crippen molar-refractivity contribution in [2.75, 3.05) is 13.1 Å². The highest BCUT2D eigenvalue weighted by Crippen LogP contribution is 2.14. The normalized spacial score (nSPS) is 16.0. The molecule has 88 valence electrons. The molecule has 1 aliphatic rings. The molecule has 0 saturated carbocycles. The lowest BCUT2D eigenvalue weighted by Crippen LogP contribution is -2.44. The molecule has 1 aliphatic heterocycles. The molecule has 0 aromatic carbocycles. The summed E-state index contributed by atoms with van der Waals surface area (Å²) in [6.45, 7) is 3.62. The fourth-order valence-electron chi connectivity index (χ4n) is 0.580. The van der Waals surface area contributed by atoms with E-state index in [2.05, 4.69) is 5.32 Å². The monoisotopic (exact) mass is 245 g/mol. The summed E-state index contributed by atoms with van der Waals surface area (Å²) in [6.07, 6.45) is -5.08. The van der Waals surface area contributed by atoms with Gasteiger partial charge in [-0.1, -0.05) is 11.8 Å². The van der Waals surface area contributed by atoms with E-state index in [0.29, 0.717) is 5.25 Å². The first-order valence-corrected chi connectivity index (χ1v) is 4.79. The van der Waals surface area contributed by atoms with Crippen molar-refractivity contribution in [1.82, 2.24) is 5.32 Å². The third-order valence-electron chi connectivity index (χ3n) is 1.32. The summed E-state index contributed by atoms with van der Waals surface area (Å²) in [6, 6.07) is 0. The average molecular weight is 245 g/mol. The highest BCUT2D eigenvalue weighted by Gasteiger charge is 2.38. The molecule has 1 saturated heterocycles. The van der Waals surface area contributed by atoms with Gasteiger partial charge >= 0.3 is 12.1 Å². The summed E-state index contributed by atoms with van der Waals surface area (Å²) in [5, 5.41) is 11.0. The van der Waals surface area contributed by atoms with Crippen LogP contribution in [0.4, 0.5) is 13.2 Å². The molecule has 15 heavy (non-hydrogen) atoms. The second kappa shape index (κ2) is 5.96. The van der Waals surface area contributed by atoms with Gasteiger partial charge in [0.2, 0.25) is 0 Å². The molecule has 0 atom stereocenters. The van der Waals surface area contributed by atoms with Gasteiger partial charge < -0.3 is 10.4 Å². The van der Waals surface area contributed by atoms with Gasteiger partial charge in [-0.05, 0) is 0 Å². The number of hydrogen-bond donors (Lipinski definition) is 2. The lowest BCUT2D eigenvalue weighted by Gasteiger charge is -2.24. The molecule has 4 nitrogen and oxygen atoms in total. The summed E-state index contributed by atoms with van der Waals surface area (Å²) >= 11 is 1.44. The Labute approximate surface area is 88.2 Å². The van der Waals surface area contributed by atoms with Crippen LogP contribution in [-0.2, 0) is 9.59 Å². The minimum absolute atomic E-state index is 0.233. The topological polar surface area (TPSA) is 66.4 Å². The molecule has 0 amide bonds. The Morgan fingerprint density at radius 1 is 1.40 bits per heavy atom. The van der Waals surface area contributed by atoms with Crippen LogP contribution in [-0.4, -0.2) is 40.7 Å². The maximum absolute atomic E-state index is 10.6. The number of carbonyl (C=O) groups excluding carboxylic acids is 1. The van der Waals surface area contributed by atoms with Crippen molar-refractivity contribution in [1.29, 1.82) is 0 Å². The quantitative estimate of drug-likeness (QED) is 0.717. The first-order valence-electron chi connectivity index (χ1n) is 3.91. The van der Waals surface area contributed by atoms with Gasteiger partial charge in [0.1, 0.15) is 0 Å². The molecule has 0 spiro atoms. The molecule has 1 fully saturated rings. The highest BCUT2D eigenvalue weighted by atomic mass is 32.2. The molecule has 0 radical (unpaired) electrons. The third kappa shape index (κ3) is 7.20. The Bertz CT molecular complexity index is 240. The molecule has 8 heteroatoms. The SMILES string of the molecule is CC(=O)SC1CNC1.O=C(O)C(F)(F)F. The Balaban J connectivity index is 0.000000265. The van der Waals surface area contributed by atoms with E-state index in [9.17, 15) is 18.0 Å². The van der Waals surface area contributed by atoms with Gasteiger partial charge in [-0.3, -0.25) is 4.79 Å². The number of carboxylic acids is 1. The fourth-order valence-corrected chi connectivity index (χ4v) is 1.45. The largest absolute Gasteiger partial charge is 0.490 e. The highest BCUT2D eigenvalue weighted by molar-refractivity contribution is 8.14. The number of thioether (sulfide) groups is 1. The van der Waals surface area contributed by atoms with Gasteiger partial charge in [-0.15, -0.1) is 0 Å². The number of nitrogens with one attached hydrogen (secondary N) is 1. The molecule has 0 aromatic heterocycles. The van der Waals surface area contributed by atoms with E-state index < -0.39 is 12.1 Å². The summed E-state index contributed by atoms with van der Waals surface area (Å²) < 4.78 is 31.7. The van der Waals surface area contributed by atoms with E-state index in [4.69, 9.17) is 9.90 Å². The summed E-state index contributed by atoms with van der Waals surface area (Å²) in [4.78, 5) is 19.3. The van der Waals surface area contributed by atoms with Crippen molar-refractivity contribution in [2.45, 2.75) is 18.3 Å². The summed E-state index contributed by atoms with van der Waals surface area (Å²) in [5.41, 5.74) is 0. The van der Waals surface area contributed by atoms with E-state index in [1.807, 2.05) is 0 Å². The first-order chi connectivity index (χ1) is 6.73. The molecule has 0 bridgehead atoms. The second-order valence-corrected chi connectivity index (χ2v) is 4.17. The molecular weight excluding hydrogens is 235 g/mol. The second-order valence-electron chi connectivity index (χ2n) is 2.69. The zero-order valence-corrected chi connectivity index (χ0v) is 8.61. The van der Waals surface area contributed by atoms with Gasteiger partial charge in [-0.2, -0.15) is 13.2 Å². The minimum Gasteiger partial charge on any atom is -0.475 e. The zero-order valence-electron chi connectivity index (χ0n) is 7.80. The van der Waals surface area contributed by atoms with Gasteiger partial charge in [0.15, 0.2) is 5.12 Å². The van der Waals surface area contributed by atoms with E-state index in [1.165, 1.54) is 11.8 Å². The van der Waals surface area contributed by atoms with E-state index >= 15 is 0 Å². The predicted octanol–water partition coefficient (Wildman–Crippen LogP) is 0.871. The number of hydrogen-bond acceptors (Lipinski definition) is 4. The smallest absolute Gasteiger partial charge is 0.475 e. The van der Waals surface area contributed by atoms with Crippen LogP contribution < -0.4 is 5.32 Å². The Kier molecular flexibility index (Phi) is 5.66. The minimum atomic E-state index is -5.08. The van der Waals surface area contributed by atoms with Crippen molar-refractivity contribution >= 4 is 22.8 Å². The number of halogens is 3. The maximum Gasteiger partial charge on any atom is 0.490 e. The van der Waals surface area contributed by atoms with E-state index in [-0.39, 0.29) is 5.12 Å². The average Bonchev–Trinajstić information content (AvgIpc) is 1.96. The van der Waals surface area contributed by atoms with Crippen LogP contribution in [0.25, 0.3) is 0 Å². The van der Waals surface area contributed by atoms with Crippen molar-refractivity contribution < 1.29 is 27.9 Å². The molecule has 2 N–H and O–H groups in total. The summed E-state index contributed by atoms with van der Waals surface area (Å²) in [7, 11) is 0. The van der Waals surface area contributed by atoms with Crippen molar-refractivity contribution in [2.24, 2.45) is 0 Å². The zero-order chi connectivity index (χ0) is 12.1. The van der Waals surface area contributed by atoms with Crippen LogP contribution in [0.15, 0.2) is 0 Å². The van der Waals surface area contributed by atoms with Gasteiger partial charge in [0, 0.05) is 25.3 Å². The first kappa shape index (κ1) is 14.2. The number of rotatable bonds is 1. The van der Waals surface area contributed by atoms with Crippen LogP contribution in [0.1, 0.15) is 6.92 Å². The molecule has 1 rings (SSSR count). The predicted molar refractivity (Wildman–Crippen MR) is 48.6 cm³/mol. The van der Waals surface area contributed by atoms with Gasteiger partial charge in [0.05, 0.1) is 0 Å².